The summed E-state index contributed by atoms with van der Waals surface area (Å²) in [7, 11) is 0. The van der Waals surface area contributed by atoms with E-state index in [-0.39, 0.29) is 12.5 Å². The Morgan fingerprint density at radius 1 is 0.623 bits per heavy atom. The smallest absolute Gasteiger partial charge is 0.220 e. The van der Waals surface area contributed by atoms with E-state index in [2.05, 4.69) is 31.3 Å². The fraction of sp³-hybridized carbons (Fsp3) is 0.886. The first-order valence-corrected chi connectivity index (χ1v) is 22.1. The molecular formula is C44H83NO8. The topological polar surface area (TPSA) is 149 Å². The minimum absolute atomic E-state index is 0.186. The Bertz CT molecular complexity index is 883. The fourth-order valence-electron chi connectivity index (χ4n) is 6.94. The molecule has 0 saturated carbocycles. The van der Waals surface area contributed by atoms with Crippen molar-refractivity contribution in [2.45, 2.75) is 236 Å². The predicted octanol–water partition coefficient (Wildman–Crippen LogP) is 8.72. The van der Waals surface area contributed by atoms with Gasteiger partial charge in [-0.3, -0.25) is 4.79 Å². The fourth-order valence-corrected chi connectivity index (χ4v) is 6.94. The van der Waals surface area contributed by atoms with Crippen molar-refractivity contribution in [1.29, 1.82) is 0 Å². The van der Waals surface area contributed by atoms with Crippen molar-refractivity contribution in [2.75, 3.05) is 13.2 Å². The van der Waals surface area contributed by atoms with E-state index in [4.69, 9.17) is 9.47 Å². The van der Waals surface area contributed by atoms with Crippen molar-refractivity contribution in [1.82, 2.24) is 5.32 Å². The number of carbonyl (C=O) groups excluding carboxylic acids is 1. The van der Waals surface area contributed by atoms with Crippen LogP contribution in [-0.2, 0) is 14.3 Å². The third-order valence-electron chi connectivity index (χ3n) is 10.5. The summed E-state index contributed by atoms with van der Waals surface area (Å²) in [5.41, 5.74) is 0. The molecule has 1 aliphatic rings. The van der Waals surface area contributed by atoms with Crippen LogP contribution in [0.2, 0.25) is 0 Å². The quantitative estimate of drug-likeness (QED) is 0.0275. The van der Waals surface area contributed by atoms with Crippen molar-refractivity contribution in [3.05, 3.63) is 24.3 Å². The second-order valence-electron chi connectivity index (χ2n) is 15.5. The molecule has 312 valence electrons. The summed E-state index contributed by atoms with van der Waals surface area (Å²) in [6.07, 6.45) is 33.6. The van der Waals surface area contributed by atoms with E-state index in [1.807, 2.05) is 6.08 Å². The molecule has 1 fully saturated rings. The molecule has 0 spiro atoms. The Hall–Kier alpha value is -1.33. The highest BCUT2D eigenvalue weighted by atomic mass is 16.7. The lowest BCUT2D eigenvalue weighted by atomic mass is 9.99. The molecule has 0 radical (unpaired) electrons. The van der Waals surface area contributed by atoms with Crippen LogP contribution >= 0.6 is 0 Å². The first kappa shape index (κ1) is 49.7. The van der Waals surface area contributed by atoms with E-state index in [1.54, 1.807) is 6.08 Å². The van der Waals surface area contributed by atoms with Gasteiger partial charge in [0.25, 0.3) is 0 Å². The summed E-state index contributed by atoms with van der Waals surface area (Å²) in [6, 6.07) is -0.815. The van der Waals surface area contributed by atoms with Gasteiger partial charge >= 0.3 is 0 Å². The molecule has 9 heteroatoms. The molecule has 0 aromatic heterocycles. The molecule has 2 unspecified atom stereocenters. The zero-order valence-corrected chi connectivity index (χ0v) is 34.0. The molecule has 6 N–H and O–H groups in total. The lowest BCUT2D eigenvalue weighted by molar-refractivity contribution is -0.302. The van der Waals surface area contributed by atoms with Crippen LogP contribution in [0.25, 0.3) is 0 Å². The SMILES string of the molecule is CCCCCCCCC/C=C/CC/C=C/[C@@H](O)[C@H](CO[C@H]1O[C@@H](CO)[C@H](O)C(O)C1O)NC(=O)CCCCCCCCCCCCCCCCCCC. The second kappa shape index (κ2) is 35.1. The van der Waals surface area contributed by atoms with Gasteiger partial charge in [-0.1, -0.05) is 179 Å². The lowest BCUT2D eigenvalue weighted by Crippen LogP contribution is -2.60. The third kappa shape index (κ3) is 26.2. The van der Waals surface area contributed by atoms with Crippen molar-refractivity contribution in [2.24, 2.45) is 0 Å². The van der Waals surface area contributed by atoms with Crippen LogP contribution in [0.3, 0.4) is 0 Å². The van der Waals surface area contributed by atoms with Crippen LogP contribution in [0.5, 0.6) is 0 Å². The summed E-state index contributed by atoms with van der Waals surface area (Å²) in [5.74, 6) is -0.186. The number of aliphatic hydroxyl groups excluding tert-OH is 5. The molecule has 0 aromatic carbocycles. The number of amides is 1. The number of aliphatic hydroxyl groups is 5. The molecule has 53 heavy (non-hydrogen) atoms. The molecule has 1 aliphatic heterocycles. The average molecular weight is 754 g/mol. The standard InChI is InChI=1S/C44H83NO8/c1-3-5-7-9-11-13-15-17-18-19-20-22-24-26-28-30-32-34-40(48)45-37(36-52-44-43(51)42(50)41(49)39(35-46)53-44)38(47)33-31-29-27-25-23-21-16-14-12-10-8-6-4-2/h23,25,31,33,37-39,41-44,46-47,49-51H,3-22,24,26-30,32,34-36H2,1-2H3,(H,45,48)/b25-23+,33-31+/t37-,38+,39-,41-,42?,43?,44-/m0/s1. The minimum Gasteiger partial charge on any atom is -0.394 e. The molecule has 1 rings (SSSR count). The van der Waals surface area contributed by atoms with E-state index in [0.717, 1.165) is 38.5 Å². The molecule has 1 saturated heterocycles. The van der Waals surface area contributed by atoms with E-state index in [9.17, 15) is 30.3 Å². The first-order valence-electron chi connectivity index (χ1n) is 22.1. The number of allylic oxidation sites excluding steroid dienone is 3. The van der Waals surface area contributed by atoms with Crippen LogP contribution in [-0.4, -0.2) is 87.5 Å². The molecule has 0 aliphatic carbocycles. The van der Waals surface area contributed by atoms with Crippen molar-refractivity contribution >= 4 is 5.91 Å². The van der Waals surface area contributed by atoms with Crippen LogP contribution in [0, 0.1) is 0 Å². The summed E-state index contributed by atoms with van der Waals surface area (Å²) < 4.78 is 11.2. The Morgan fingerprint density at radius 2 is 1.08 bits per heavy atom. The van der Waals surface area contributed by atoms with Gasteiger partial charge in [0, 0.05) is 6.42 Å². The molecule has 0 bridgehead atoms. The van der Waals surface area contributed by atoms with Gasteiger partial charge in [-0.2, -0.15) is 0 Å². The van der Waals surface area contributed by atoms with E-state index >= 15 is 0 Å². The first-order chi connectivity index (χ1) is 25.8. The number of rotatable bonds is 36. The lowest BCUT2D eigenvalue weighted by Gasteiger charge is -2.40. The Morgan fingerprint density at radius 3 is 1.58 bits per heavy atom. The average Bonchev–Trinajstić information content (AvgIpc) is 3.16. The van der Waals surface area contributed by atoms with Gasteiger partial charge in [-0.05, 0) is 32.1 Å². The van der Waals surface area contributed by atoms with Gasteiger partial charge in [0.1, 0.15) is 24.4 Å². The molecule has 7 atom stereocenters. The van der Waals surface area contributed by atoms with Crippen molar-refractivity contribution < 1.29 is 39.8 Å². The van der Waals surface area contributed by atoms with Crippen LogP contribution < -0.4 is 5.32 Å². The highest BCUT2D eigenvalue weighted by Gasteiger charge is 2.44. The van der Waals surface area contributed by atoms with Crippen LogP contribution in [0.15, 0.2) is 24.3 Å². The maximum atomic E-state index is 12.9. The van der Waals surface area contributed by atoms with Gasteiger partial charge in [-0.25, -0.2) is 0 Å². The molecule has 1 heterocycles. The number of nitrogens with one attached hydrogen (secondary N) is 1. The summed E-state index contributed by atoms with van der Waals surface area (Å²) in [4.78, 5) is 12.9. The zero-order valence-electron chi connectivity index (χ0n) is 34.0. The van der Waals surface area contributed by atoms with E-state index in [0.29, 0.717) is 6.42 Å². The number of carbonyl (C=O) groups is 1. The second-order valence-corrected chi connectivity index (χ2v) is 15.5. The van der Waals surface area contributed by atoms with E-state index < -0.39 is 49.5 Å². The third-order valence-corrected chi connectivity index (χ3v) is 10.5. The monoisotopic (exact) mass is 754 g/mol. The van der Waals surface area contributed by atoms with Crippen molar-refractivity contribution in [3.63, 3.8) is 0 Å². The number of hydrogen-bond acceptors (Lipinski definition) is 8. The Labute approximate surface area is 324 Å². The predicted molar refractivity (Wildman–Crippen MR) is 217 cm³/mol. The normalized spacial score (nSPS) is 21.8. The van der Waals surface area contributed by atoms with Crippen LogP contribution in [0.1, 0.15) is 194 Å². The summed E-state index contributed by atoms with van der Waals surface area (Å²) >= 11 is 0. The van der Waals surface area contributed by atoms with Gasteiger partial charge in [0.2, 0.25) is 5.91 Å². The maximum Gasteiger partial charge on any atom is 0.220 e. The van der Waals surface area contributed by atoms with Crippen LogP contribution in [0.4, 0.5) is 0 Å². The van der Waals surface area contributed by atoms with Gasteiger partial charge in [-0.15, -0.1) is 0 Å². The zero-order chi connectivity index (χ0) is 38.8. The molecule has 9 nitrogen and oxygen atoms in total. The summed E-state index contributed by atoms with van der Waals surface area (Å²) in [6.45, 7) is 3.74. The van der Waals surface area contributed by atoms with Gasteiger partial charge < -0.3 is 40.3 Å². The Balaban J connectivity index is 2.38. The number of ether oxygens (including phenoxy) is 2. The highest BCUT2D eigenvalue weighted by molar-refractivity contribution is 5.76. The molecular weight excluding hydrogens is 670 g/mol. The van der Waals surface area contributed by atoms with Gasteiger partial charge in [0.05, 0.1) is 25.4 Å². The molecule has 0 aromatic rings. The van der Waals surface area contributed by atoms with Gasteiger partial charge in [0.15, 0.2) is 6.29 Å². The maximum absolute atomic E-state index is 12.9. The molecule has 1 amide bonds. The van der Waals surface area contributed by atoms with E-state index in [1.165, 1.54) is 135 Å². The number of hydrogen-bond donors (Lipinski definition) is 6. The highest BCUT2D eigenvalue weighted by Crippen LogP contribution is 2.22. The largest absolute Gasteiger partial charge is 0.394 e. The minimum atomic E-state index is -1.57. The Kier molecular flexibility index (Phi) is 32.9. The number of unbranched alkanes of at least 4 members (excludes halogenated alkanes) is 24. The summed E-state index contributed by atoms with van der Waals surface area (Å²) in [5, 5.41) is 54.0. The van der Waals surface area contributed by atoms with Crippen molar-refractivity contribution in [3.8, 4) is 0 Å².